The number of halogens is 1. The van der Waals surface area contributed by atoms with E-state index in [9.17, 15) is 0 Å². The summed E-state index contributed by atoms with van der Waals surface area (Å²) in [6, 6.07) is 17.6. The zero-order valence-corrected chi connectivity index (χ0v) is 13.8. The minimum atomic E-state index is 0.227. The highest BCUT2D eigenvalue weighted by Gasteiger charge is 2.23. The Labute approximate surface area is 148 Å². The molecule has 5 nitrogen and oxygen atoms in total. The van der Waals surface area contributed by atoms with Crippen LogP contribution in [0.25, 0.3) is 16.8 Å². The van der Waals surface area contributed by atoms with Crippen molar-refractivity contribution in [2.24, 2.45) is 4.99 Å². The van der Waals surface area contributed by atoms with E-state index in [1.807, 2.05) is 60.8 Å². The number of para-hydroxylation sites is 1. The molecule has 2 aromatic carbocycles. The third-order valence-corrected chi connectivity index (χ3v) is 4.51. The molecule has 0 fully saturated rings. The van der Waals surface area contributed by atoms with E-state index in [-0.39, 0.29) is 5.95 Å². The molecule has 2 aromatic heterocycles. The zero-order valence-electron chi connectivity index (χ0n) is 13.0. The summed E-state index contributed by atoms with van der Waals surface area (Å²) < 4.78 is 1.76. The Kier molecular flexibility index (Phi) is 2.93. The van der Waals surface area contributed by atoms with Crippen molar-refractivity contribution in [3.8, 4) is 11.3 Å². The number of anilines is 1. The van der Waals surface area contributed by atoms with E-state index in [0.717, 1.165) is 39.3 Å². The largest absolute Gasteiger partial charge is 0.367 e. The second-order valence-corrected chi connectivity index (χ2v) is 6.27. The fourth-order valence-corrected chi connectivity index (χ4v) is 3.42. The number of rotatable bonds is 1. The fourth-order valence-electron chi connectivity index (χ4n) is 3.23. The van der Waals surface area contributed by atoms with Crippen LogP contribution in [-0.4, -0.2) is 20.3 Å². The van der Waals surface area contributed by atoms with Crippen molar-refractivity contribution in [2.75, 3.05) is 5.73 Å². The van der Waals surface area contributed by atoms with Gasteiger partial charge in [-0.2, -0.15) is 0 Å². The van der Waals surface area contributed by atoms with Gasteiger partial charge in [0.2, 0.25) is 5.95 Å². The first-order chi connectivity index (χ1) is 12.2. The van der Waals surface area contributed by atoms with Crippen LogP contribution < -0.4 is 5.73 Å². The average molecular weight is 346 g/mol. The van der Waals surface area contributed by atoms with E-state index in [2.05, 4.69) is 10.1 Å². The molecule has 1 aliphatic heterocycles. The number of nitrogen functional groups attached to an aromatic ring is 1. The molecule has 0 amide bonds. The van der Waals surface area contributed by atoms with Crippen LogP contribution in [0.3, 0.4) is 0 Å². The number of hydrogen-bond donors (Lipinski definition) is 1. The number of nitrogens with zero attached hydrogens (tertiary/aromatic N) is 4. The Bertz CT molecular complexity index is 1180. The van der Waals surface area contributed by atoms with Crippen LogP contribution in [0, 0.1) is 0 Å². The van der Waals surface area contributed by atoms with Crippen LogP contribution in [0.1, 0.15) is 11.1 Å². The lowest BCUT2D eigenvalue weighted by atomic mass is 10.0. The van der Waals surface area contributed by atoms with Crippen molar-refractivity contribution in [1.29, 1.82) is 0 Å². The molecule has 6 heteroatoms. The zero-order chi connectivity index (χ0) is 17.0. The Morgan fingerprint density at radius 2 is 1.84 bits per heavy atom. The van der Waals surface area contributed by atoms with Crippen LogP contribution in [0.15, 0.2) is 65.8 Å². The summed E-state index contributed by atoms with van der Waals surface area (Å²) in [6.45, 7) is 0. The van der Waals surface area contributed by atoms with Crippen LogP contribution in [0.2, 0.25) is 5.02 Å². The summed E-state index contributed by atoms with van der Waals surface area (Å²) in [4.78, 5) is 9.43. The van der Waals surface area contributed by atoms with E-state index in [4.69, 9.17) is 22.3 Å². The van der Waals surface area contributed by atoms with Gasteiger partial charge in [0.25, 0.3) is 0 Å². The number of hydrogen-bond acceptors (Lipinski definition) is 4. The molecule has 0 bridgehead atoms. The van der Waals surface area contributed by atoms with Gasteiger partial charge in [-0.1, -0.05) is 41.9 Å². The minimum Gasteiger partial charge on any atom is -0.367 e. The molecule has 0 aliphatic carbocycles. The van der Waals surface area contributed by atoms with Gasteiger partial charge < -0.3 is 5.73 Å². The first kappa shape index (κ1) is 14.2. The molecular weight excluding hydrogens is 334 g/mol. The average Bonchev–Trinajstić information content (AvgIpc) is 2.96. The summed E-state index contributed by atoms with van der Waals surface area (Å²) in [5, 5.41) is 4.97. The summed E-state index contributed by atoms with van der Waals surface area (Å²) in [5.74, 6) is 0.227. The van der Waals surface area contributed by atoms with E-state index >= 15 is 0 Å². The Morgan fingerprint density at radius 3 is 2.72 bits per heavy atom. The molecule has 5 rings (SSSR count). The molecule has 0 unspecified atom stereocenters. The van der Waals surface area contributed by atoms with E-state index in [0.29, 0.717) is 5.02 Å². The summed E-state index contributed by atoms with van der Waals surface area (Å²) >= 11 is 6.20. The van der Waals surface area contributed by atoms with Crippen molar-refractivity contribution in [3.05, 3.63) is 76.9 Å². The van der Waals surface area contributed by atoms with Crippen LogP contribution in [-0.2, 0) is 0 Å². The Balaban J connectivity index is 1.93. The maximum absolute atomic E-state index is 6.20. The van der Waals surface area contributed by atoms with E-state index in [1.54, 1.807) is 4.52 Å². The number of benzene rings is 2. The van der Waals surface area contributed by atoms with Crippen molar-refractivity contribution >= 4 is 34.5 Å². The number of aliphatic imine (C=N–C) groups is 1. The fraction of sp³-hybridized carbons (Fsp3) is 0. The summed E-state index contributed by atoms with van der Waals surface area (Å²) in [5.41, 5.74) is 12.1. The maximum Gasteiger partial charge on any atom is 0.238 e. The third kappa shape index (κ3) is 2.13. The van der Waals surface area contributed by atoms with Crippen molar-refractivity contribution in [3.63, 3.8) is 0 Å². The van der Waals surface area contributed by atoms with Gasteiger partial charge in [0.15, 0.2) is 0 Å². The van der Waals surface area contributed by atoms with E-state index in [1.165, 1.54) is 0 Å². The normalized spacial score (nSPS) is 12.6. The molecular formula is C19H12ClN5. The van der Waals surface area contributed by atoms with Gasteiger partial charge in [0, 0.05) is 27.9 Å². The van der Waals surface area contributed by atoms with Gasteiger partial charge in [-0.15, -0.1) is 5.10 Å². The second kappa shape index (κ2) is 5.16. The third-order valence-electron chi connectivity index (χ3n) is 4.27. The lowest BCUT2D eigenvalue weighted by Gasteiger charge is -2.06. The summed E-state index contributed by atoms with van der Waals surface area (Å²) in [7, 11) is 0. The van der Waals surface area contributed by atoms with Gasteiger partial charge in [-0.25, -0.2) is 14.5 Å². The van der Waals surface area contributed by atoms with Crippen molar-refractivity contribution in [1.82, 2.24) is 14.6 Å². The van der Waals surface area contributed by atoms with Gasteiger partial charge in [0.1, 0.15) is 11.2 Å². The quantitative estimate of drug-likeness (QED) is 0.497. The second-order valence-electron chi connectivity index (χ2n) is 5.83. The minimum absolute atomic E-state index is 0.227. The Hall–Kier alpha value is -3.18. The number of nitrogens with two attached hydrogens (primary N) is 1. The molecule has 0 radical (unpaired) electrons. The molecule has 25 heavy (non-hydrogen) atoms. The number of aromatic nitrogens is 3. The van der Waals surface area contributed by atoms with Crippen LogP contribution in [0.5, 0.6) is 0 Å². The molecule has 2 N–H and O–H groups in total. The van der Waals surface area contributed by atoms with Crippen LogP contribution in [0.4, 0.5) is 11.6 Å². The van der Waals surface area contributed by atoms with Gasteiger partial charge in [-0.05, 0) is 24.3 Å². The first-order valence-corrected chi connectivity index (χ1v) is 8.18. The predicted octanol–water partition coefficient (Wildman–Crippen LogP) is 4.11. The molecule has 0 spiro atoms. The highest BCUT2D eigenvalue weighted by molar-refractivity contribution is 6.31. The molecule has 0 saturated heterocycles. The lowest BCUT2D eigenvalue weighted by molar-refractivity contribution is 0.920. The molecule has 0 saturated carbocycles. The van der Waals surface area contributed by atoms with Crippen LogP contribution >= 0.6 is 11.6 Å². The SMILES string of the molecule is Nc1nc2c3c(ccn3n1)C(c1cccc(Cl)c1)=Nc1ccccc1-2. The standard InChI is InChI=1S/C19H12ClN5/c20-12-5-3-4-11(10-12)16-14-8-9-25-18(14)17(23-19(21)24-25)13-6-1-2-7-15(13)22-16/h1-10H,(H2,21,24). The molecule has 3 heterocycles. The lowest BCUT2D eigenvalue weighted by Crippen LogP contribution is -2.05. The van der Waals surface area contributed by atoms with Gasteiger partial charge >= 0.3 is 0 Å². The van der Waals surface area contributed by atoms with Crippen molar-refractivity contribution < 1.29 is 0 Å². The topological polar surface area (TPSA) is 68.6 Å². The van der Waals surface area contributed by atoms with E-state index < -0.39 is 0 Å². The highest BCUT2D eigenvalue weighted by atomic mass is 35.5. The first-order valence-electron chi connectivity index (χ1n) is 7.80. The number of fused-ring (bicyclic) bond motifs is 2. The molecule has 4 aromatic rings. The smallest absolute Gasteiger partial charge is 0.238 e. The maximum atomic E-state index is 6.20. The van der Waals surface area contributed by atoms with Gasteiger partial charge in [0.05, 0.1) is 11.4 Å². The Morgan fingerprint density at radius 1 is 0.960 bits per heavy atom. The van der Waals surface area contributed by atoms with Gasteiger partial charge in [-0.3, -0.25) is 0 Å². The molecule has 1 aliphatic rings. The highest BCUT2D eigenvalue weighted by Crippen LogP contribution is 2.38. The van der Waals surface area contributed by atoms with Crippen molar-refractivity contribution in [2.45, 2.75) is 0 Å². The monoisotopic (exact) mass is 345 g/mol. The predicted molar refractivity (Wildman–Crippen MR) is 99.6 cm³/mol. The summed E-state index contributed by atoms with van der Waals surface area (Å²) in [6.07, 6.45) is 1.88. The molecule has 0 atom stereocenters. The molecule has 120 valence electrons.